The van der Waals surface area contributed by atoms with Crippen molar-refractivity contribution in [2.24, 2.45) is 0 Å². The number of ether oxygens (including phenoxy) is 1. The summed E-state index contributed by atoms with van der Waals surface area (Å²) in [5.41, 5.74) is 2.41. The zero-order chi connectivity index (χ0) is 11.5. The zero-order valence-electron chi connectivity index (χ0n) is 9.56. The molecule has 4 nitrogen and oxygen atoms in total. The van der Waals surface area contributed by atoms with E-state index < -0.39 is 0 Å². The minimum Gasteiger partial charge on any atom is -0.453 e. The van der Waals surface area contributed by atoms with Crippen molar-refractivity contribution in [2.45, 2.75) is 12.5 Å². The van der Waals surface area contributed by atoms with Gasteiger partial charge in [-0.15, -0.1) is 0 Å². The molecule has 86 valence electrons. The fourth-order valence-corrected chi connectivity index (χ4v) is 1.99. The molecule has 0 unspecified atom stereocenters. The Balaban J connectivity index is 2.10. The van der Waals surface area contributed by atoms with Crippen LogP contribution in [0.3, 0.4) is 0 Å². The van der Waals surface area contributed by atoms with E-state index in [4.69, 9.17) is 4.74 Å². The SMILES string of the molecule is COC(=O)N(C)[C@H]1CNc2ccccc2C1. The molecule has 0 bridgehead atoms. The number of methoxy groups -OCH3 is 1. The number of hydrogen-bond acceptors (Lipinski definition) is 3. The van der Waals surface area contributed by atoms with Crippen molar-refractivity contribution in [3.8, 4) is 0 Å². The van der Waals surface area contributed by atoms with Crippen LogP contribution in [0.25, 0.3) is 0 Å². The van der Waals surface area contributed by atoms with Crippen molar-refractivity contribution in [3.05, 3.63) is 29.8 Å². The molecule has 0 spiro atoms. The number of nitrogens with one attached hydrogen (secondary N) is 1. The van der Waals surface area contributed by atoms with E-state index >= 15 is 0 Å². The summed E-state index contributed by atoms with van der Waals surface area (Å²) in [7, 11) is 3.18. The van der Waals surface area contributed by atoms with Crippen LogP contribution in [0.2, 0.25) is 0 Å². The van der Waals surface area contributed by atoms with Gasteiger partial charge in [-0.1, -0.05) is 18.2 Å². The Morgan fingerprint density at radius 3 is 3.00 bits per heavy atom. The largest absolute Gasteiger partial charge is 0.453 e. The molecule has 4 heteroatoms. The van der Waals surface area contributed by atoms with Crippen LogP contribution in [0, 0.1) is 0 Å². The molecule has 1 aliphatic heterocycles. The number of benzene rings is 1. The van der Waals surface area contributed by atoms with Gasteiger partial charge in [-0.05, 0) is 18.1 Å². The van der Waals surface area contributed by atoms with Gasteiger partial charge < -0.3 is 15.0 Å². The Hall–Kier alpha value is -1.71. The smallest absolute Gasteiger partial charge is 0.409 e. The molecule has 0 radical (unpaired) electrons. The first-order chi connectivity index (χ1) is 7.72. The fraction of sp³-hybridized carbons (Fsp3) is 0.417. The first-order valence-corrected chi connectivity index (χ1v) is 5.35. The highest BCUT2D eigenvalue weighted by Crippen LogP contribution is 2.23. The number of likely N-dealkylation sites (N-methyl/N-ethyl adjacent to an activating group) is 1. The maximum absolute atomic E-state index is 11.4. The van der Waals surface area contributed by atoms with Gasteiger partial charge in [0.25, 0.3) is 0 Å². The van der Waals surface area contributed by atoms with E-state index in [-0.39, 0.29) is 12.1 Å². The van der Waals surface area contributed by atoms with Gasteiger partial charge in [0.1, 0.15) is 0 Å². The summed E-state index contributed by atoms with van der Waals surface area (Å²) < 4.78 is 4.71. The number of nitrogens with zero attached hydrogens (tertiary/aromatic N) is 1. The molecule has 1 amide bonds. The first kappa shape index (κ1) is 10.8. The van der Waals surface area contributed by atoms with Crippen LogP contribution in [0.15, 0.2) is 24.3 Å². The van der Waals surface area contributed by atoms with Gasteiger partial charge >= 0.3 is 6.09 Å². The molecular formula is C12H16N2O2. The summed E-state index contributed by atoms with van der Waals surface area (Å²) in [6.45, 7) is 0.766. The lowest BCUT2D eigenvalue weighted by atomic mass is 9.99. The van der Waals surface area contributed by atoms with E-state index in [2.05, 4.69) is 17.4 Å². The first-order valence-electron chi connectivity index (χ1n) is 5.35. The molecule has 1 atom stereocenters. The van der Waals surface area contributed by atoms with E-state index in [0.717, 1.165) is 18.7 Å². The average molecular weight is 220 g/mol. The highest BCUT2D eigenvalue weighted by atomic mass is 16.5. The Morgan fingerprint density at radius 1 is 1.50 bits per heavy atom. The number of para-hydroxylation sites is 1. The molecule has 1 aromatic rings. The van der Waals surface area contributed by atoms with E-state index in [1.54, 1.807) is 11.9 Å². The van der Waals surface area contributed by atoms with Gasteiger partial charge in [0.15, 0.2) is 0 Å². The summed E-state index contributed by atoms with van der Waals surface area (Å²) in [6, 6.07) is 8.32. The fourth-order valence-electron chi connectivity index (χ4n) is 1.99. The van der Waals surface area contributed by atoms with Crippen molar-refractivity contribution >= 4 is 11.8 Å². The highest BCUT2D eigenvalue weighted by molar-refractivity contribution is 5.68. The lowest BCUT2D eigenvalue weighted by Gasteiger charge is -2.32. The normalized spacial score (nSPS) is 18.2. The van der Waals surface area contributed by atoms with Crippen molar-refractivity contribution in [1.82, 2.24) is 4.90 Å². The van der Waals surface area contributed by atoms with Crippen LogP contribution in [0.5, 0.6) is 0 Å². The van der Waals surface area contributed by atoms with Gasteiger partial charge in [-0.25, -0.2) is 4.79 Å². The predicted octanol–water partition coefficient (Wildman–Crippen LogP) is 1.72. The number of rotatable bonds is 1. The maximum atomic E-state index is 11.4. The third-order valence-electron chi connectivity index (χ3n) is 3.01. The highest BCUT2D eigenvalue weighted by Gasteiger charge is 2.24. The molecule has 1 aromatic carbocycles. The minimum atomic E-state index is -0.286. The summed E-state index contributed by atoms with van der Waals surface area (Å²) in [4.78, 5) is 13.0. The van der Waals surface area contributed by atoms with E-state index in [9.17, 15) is 4.79 Å². The Labute approximate surface area is 95.2 Å². The number of anilines is 1. The van der Waals surface area contributed by atoms with Crippen LogP contribution in [0.1, 0.15) is 5.56 Å². The zero-order valence-corrected chi connectivity index (χ0v) is 9.56. The second kappa shape index (κ2) is 4.43. The topological polar surface area (TPSA) is 41.6 Å². The standard InChI is InChI=1S/C12H16N2O2/c1-14(12(15)16-2)10-7-9-5-3-4-6-11(9)13-8-10/h3-6,10,13H,7-8H2,1-2H3/t10-/m1/s1. The molecule has 0 fully saturated rings. The van der Waals surface area contributed by atoms with Gasteiger partial charge in [-0.2, -0.15) is 0 Å². The molecular weight excluding hydrogens is 204 g/mol. The Kier molecular flexibility index (Phi) is 2.99. The maximum Gasteiger partial charge on any atom is 0.409 e. The van der Waals surface area contributed by atoms with Gasteiger partial charge in [-0.3, -0.25) is 0 Å². The van der Waals surface area contributed by atoms with Crippen LogP contribution in [0.4, 0.5) is 10.5 Å². The van der Waals surface area contributed by atoms with Crippen molar-refractivity contribution < 1.29 is 9.53 Å². The molecule has 0 saturated carbocycles. The number of hydrogen-bond donors (Lipinski definition) is 1. The van der Waals surface area contributed by atoms with Crippen LogP contribution in [-0.2, 0) is 11.2 Å². The van der Waals surface area contributed by atoms with Crippen LogP contribution in [-0.4, -0.2) is 37.7 Å². The van der Waals surface area contributed by atoms with Crippen molar-refractivity contribution in [3.63, 3.8) is 0 Å². The summed E-state index contributed by atoms with van der Waals surface area (Å²) in [6.07, 6.45) is 0.584. The summed E-state index contributed by atoms with van der Waals surface area (Å²) in [5.74, 6) is 0. The van der Waals surface area contributed by atoms with Crippen LogP contribution >= 0.6 is 0 Å². The predicted molar refractivity (Wildman–Crippen MR) is 62.6 cm³/mol. The van der Waals surface area contributed by atoms with Crippen molar-refractivity contribution in [1.29, 1.82) is 0 Å². The van der Waals surface area contributed by atoms with Crippen molar-refractivity contribution in [2.75, 3.05) is 26.0 Å². The Morgan fingerprint density at radius 2 is 2.25 bits per heavy atom. The molecule has 1 heterocycles. The second-order valence-electron chi connectivity index (χ2n) is 3.98. The summed E-state index contributed by atoms with van der Waals surface area (Å²) >= 11 is 0. The van der Waals surface area contributed by atoms with Crippen LogP contribution < -0.4 is 5.32 Å². The summed E-state index contributed by atoms with van der Waals surface area (Å²) in [5, 5.41) is 3.32. The molecule has 2 rings (SSSR count). The lowest BCUT2D eigenvalue weighted by molar-refractivity contribution is 0.118. The monoisotopic (exact) mass is 220 g/mol. The average Bonchev–Trinajstić information content (AvgIpc) is 2.36. The van der Waals surface area contributed by atoms with E-state index in [0.29, 0.717) is 0 Å². The molecule has 16 heavy (non-hydrogen) atoms. The second-order valence-corrected chi connectivity index (χ2v) is 3.98. The third kappa shape index (κ3) is 1.96. The van der Waals surface area contributed by atoms with E-state index in [1.165, 1.54) is 12.7 Å². The van der Waals surface area contributed by atoms with E-state index in [1.807, 2.05) is 12.1 Å². The molecule has 0 aromatic heterocycles. The number of fused-ring (bicyclic) bond motifs is 1. The van der Waals surface area contributed by atoms with Gasteiger partial charge in [0, 0.05) is 19.3 Å². The third-order valence-corrected chi connectivity index (χ3v) is 3.01. The number of carbonyl (C=O) groups is 1. The minimum absolute atomic E-state index is 0.155. The molecule has 0 saturated heterocycles. The molecule has 0 aliphatic carbocycles. The van der Waals surface area contributed by atoms with Gasteiger partial charge in [0.2, 0.25) is 0 Å². The van der Waals surface area contributed by atoms with Gasteiger partial charge in [0.05, 0.1) is 13.2 Å². The quantitative estimate of drug-likeness (QED) is 0.783. The molecule has 1 N–H and O–H groups in total. The number of amides is 1. The Bertz CT molecular complexity index is 392. The lowest BCUT2D eigenvalue weighted by Crippen LogP contribution is -2.44. The molecule has 1 aliphatic rings. The number of carbonyl (C=O) groups excluding carboxylic acids is 1.